The first kappa shape index (κ1) is 23.4. The second-order valence-electron chi connectivity index (χ2n) is 6.89. The Morgan fingerprint density at radius 1 is 1.12 bits per heavy atom. The predicted molar refractivity (Wildman–Crippen MR) is 108 cm³/mol. The Morgan fingerprint density at radius 2 is 1.88 bits per heavy atom. The molecule has 0 bridgehead atoms. The van der Waals surface area contributed by atoms with Gasteiger partial charge < -0.3 is 24.3 Å². The molecule has 0 radical (unpaired) electrons. The van der Waals surface area contributed by atoms with E-state index in [-0.39, 0.29) is 23.6 Å². The molecule has 3 rings (SSSR count). The molecular weight excluding hydrogens is 431 g/mol. The minimum Gasteiger partial charge on any atom is -0.493 e. The van der Waals surface area contributed by atoms with E-state index in [1.165, 1.54) is 14.2 Å². The summed E-state index contributed by atoms with van der Waals surface area (Å²) in [6.07, 6.45) is -7.51. The van der Waals surface area contributed by atoms with Gasteiger partial charge >= 0.3 is 12.1 Å². The fraction of sp³-hybridized carbons (Fsp3) is 0.364. The Labute approximate surface area is 182 Å². The number of hydrogen-bond acceptors (Lipinski definition) is 6. The van der Waals surface area contributed by atoms with Crippen molar-refractivity contribution in [3.05, 3.63) is 53.1 Å². The first-order valence-electron chi connectivity index (χ1n) is 9.73. The molecule has 0 aromatic heterocycles. The molecule has 32 heavy (non-hydrogen) atoms. The lowest BCUT2D eigenvalue weighted by molar-refractivity contribution is -0.150. The van der Waals surface area contributed by atoms with Crippen LogP contribution in [0.5, 0.6) is 11.5 Å². The summed E-state index contributed by atoms with van der Waals surface area (Å²) >= 11 is 0. The van der Waals surface area contributed by atoms with Crippen LogP contribution in [0.1, 0.15) is 36.1 Å². The number of methoxy groups -OCH3 is 2. The number of carbonyl (C=O) groups excluding carboxylic acids is 2. The lowest BCUT2D eigenvalue weighted by Crippen LogP contribution is -2.32. The molecular formula is C22H22F3NO6. The van der Waals surface area contributed by atoms with E-state index in [0.29, 0.717) is 11.3 Å². The summed E-state index contributed by atoms with van der Waals surface area (Å²) in [5, 5.41) is 2.55. The van der Waals surface area contributed by atoms with E-state index in [1.807, 2.05) is 0 Å². The van der Waals surface area contributed by atoms with Gasteiger partial charge in [0.25, 0.3) is 5.91 Å². The lowest BCUT2D eigenvalue weighted by atomic mass is 9.96. The zero-order valence-electron chi connectivity index (χ0n) is 17.6. The third-order valence-corrected chi connectivity index (χ3v) is 4.89. The number of anilines is 1. The van der Waals surface area contributed by atoms with Crippen molar-refractivity contribution >= 4 is 17.6 Å². The highest BCUT2D eigenvalue weighted by Gasteiger charge is 2.38. The Hall–Kier alpha value is -3.27. The number of halogens is 3. The van der Waals surface area contributed by atoms with Crippen molar-refractivity contribution in [3.63, 3.8) is 0 Å². The van der Waals surface area contributed by atoms with Crippen molar-refractivity contribution in [2.24, 2.45) is 0 Å². The maximum Gasteiger partial charge on any atom is 0.416 e. The van der Waals surface area contributed by atoms with E-state index in [1.54, 1.807) is 25.1 Å². The summed E-state index contributed by atoms with van der Waals surface area (Å²) in [6, 6.07) is 7.76. The van der Waals surface area contributed by atoms with Gasteiger partial charge in [0.2, 0.25) is 0 Å². The van der Waals surface area contributed by atoms with E-state index >= 15 is 0 Å². The van der Waals surface area contributed by atoms with Crippen LogP contribution >= 0.6 is 0 Å². The average Bonchev–Trinajstić information content (AvgIpc) is 2.88. The number of alkyl halides is 3. The minimum absolute atomic E-state index is 0.0612. The van der Waals surface area contributed by atoms with Crippen molar-refractivity contribution in [2.45, 2.75) is 31.7 Å². The second kappa shape index (κ2) is 9.47. The van der Waals surface area contributed by atoms with Crippen LogP contribution in [0.2, 0.25) is 0 Å². The predicted octanol–water partition coefficient (Wildman–Crippen LogP) is 4.10. The Balaban J connectivity index is 2.17. The van der Waals surface area contributed by atoms with Crippen molar-refractivity contribution in [3.8, 4) is 11.5 Å². The molecule has 1 amide bonds. The number of esters is 1. The van der Waals surface area contributed by atoms with Gasteiger partial charge in [-0.25, -0.2) is 0 Å². The topological polar surface area (TPSA) is 83.1 Å². The fourth-order valence-corrected chi connectivity index (χ4v) is 3.45. The Kier molecular flexibility index (Phi) is 6.93. The zero-order valence-corrected chi connectivity index (χ0v) is 17.6. The van der Waals surface area contributed by atoms with Crippen LogP contribution in [0.3, 0.4) is 0 Å². The van der Waals surface area contributed by atoms with Gasteiger partial charge in [-0.05, 0) is 31.2 Å². The first-order chi connectivity index (χ1) is 15.2. The van der Waals surface area contributed by atoms with Gasteiger partial charge in [0.15, 0.2) is 11.5 Å². The van der Waals surface area contributed by atoms with Crippen LogP contribution < -0.4 is 14.8 Å². The molecule has 7 nitrogen and oxygen atoms in total. The van der Waals surface area contributed by atoms with Crippen LogP contribution in [0.15, 0.2) is 36.4 Å². The van der Waals surface area contributed by atoms with E-state index in [2.05, 4.69) is 5.32 Å². The van der Waals surface area contributed by atoms with Crippen LogP contribution in [-0.2, 0) is 25.2 Å². The fourth-order valence-electron chi connectivity index (χ4n) is 3.45. The second-order valence-corrected chi connectivity index (χ2v) is 6.89. The highest BCUT2D eigenvalue weighted by Crippen LogP contribution is 2.44. The van der Waals surface area contributed by atoms with E-state index in [4.69, 9.17) is 18.9 Å². The minimum atomic E-state index is -4.61. The van der Waals surface area contributed by atoms with E-state index in [0.717, 1.165) is 18.2 Å². The molecule has 1 aliphatic rings. The molecule has 1 aliphatic heterocycles. The molecule has 0 aliphatic carbocycles. The maximum absolute atomic E-state index is 13.4. The normalized spacial score (nSPS) is 18.2. The third kappa shape index (κ3) is 4.80. The number of nitrogens with one attached hydrogen (secondary N) is 1. The molecule has 1 heterocycles. The molecule has 2 atom stereocenters. The van der Waals surface area contributed by atoms with Crippen LogP contribution in [-0.4, -0.2) is 38.8 Å². The number of hydrogen-bond donors (Lipinski definition) is 1. The van der Waals surface area contributed by atoms with Gasteiger partial charge in [0, 0.05) is 16.8 Å². The zero-order chi connectivity index (χ0) is 23.5. The van der Waals surface area contributed by atoms with Gasteiger partial charge in [-0.1, -0.05) is 12.1 Å². The highest BCUT2D eigenvalue weighted by atomic mass is 19.4. The molecule has 1 N–H and O–H groups in total. The largest absolute Gasteiger partial charge is 0.493 e. The highest BCUT2D eigenvalue weighted by molar-refractivity contribution is 5.97. The monoisotopic (exact) mass is 453 g/mol. The SMILES string of the molecule is CCOC(=O)CC1OC(c2cccc(OC)c2OC)c2cc(C(F)(F)F)ccc2NC1=O. The average molecular weight is 453 g/mol. The quantitative estimate of drug-likeness (QED) is 0.663. The van der Waals surface area contributed by atoms with Gasteiger partial charge in [0.1, 0.15) is 12.2 Å². The van der Waals surface area contributed by atoms with Gasteiger partial charge in [-0.3, -0.25) is 9.59 Å². The molecule has 2 aromatic rings. The summed E-state index contributed by atoms with van der Waals surface area (Å²) in [7, 11) is 2.80. The molecule has 10 heteroatoms. The lowest BCUT2D eigenvalue weighted by Gasteiger charge is -2.24. The van der Waals surface area contributed by atoms with Crippen molar-refractivity contribution < 1.29 is 41.7 Å². The molecule has 0 saturated carbocycles. The standard InChI is InChI=1S/C22H22F3NO6/c1-4-31-18(27)11-17-21(28)26-15-9-8-12(22(23,24)25)10-14(15)19(32-17)13-6-5-7-16(29-2)20(13)30-3/h5-10,17,19H,4,11H2,1-3H3,(H,26,28). The number of carbonyl (C=O) groups is 2. The van der Waals surface area contributed by atoms with Crippen LogP contribution in [0.25, 0.3) is 0 Å². The van der Waals surface area contributed by atoms with Crippen molar-refractivity contribution in [2.75, 3.05) is 26.1 Å². The number of fused-ring (bicyclic) bond motifs is 1. The summed E-state index contributed by atoms with van der Waals surface area (Å²) < 4.78 is 61.9. The molecule has 0 fully saturated rings. The first-order valence-corrected chi connectivity index (χ1v) is 9.73. The van der Waals surface area contributed by atoms with Crippen LogP contribution in [0, 0.1) is 0 Å². The van der Waals surface area contributed by atoms with Crippen LogP contribution in [0.4, 0.5) is 18.9 Å². The number of rotatable bonds is 6. The number of benzene rings is 2. The Bertz CT molecular complexity index is 1010. The van der Waals surface area contributed by atoms with Crippen molar-refractivity contribution in [1.29, 1.82) is 0 Å². The summed E-state index contributed by atoms with van der Waals surface area (Å²) in [5.41, 5.74) is -0.391. The summed E-state index contributed by atoms with van der Waals surface area (Å²) in [6.45, 7) is 1.72. The maximum atomic E-state index is 13.4. The summed E-state index contributed by atoms with van der Waals surface area (Å²) in [4.78, 5) is 24.7. The molecule has 2 aromatic carbocycles. The summed E-state index contributed by atoms with van der Waals surface area (Å²) in [5.74, 6) is -0.797. The number of amides is 1. The van der Waals surface area contributed by atoms with E-state index in [9.17, 15) is 22.8 Å². The van der Waals surface area contributed by atoms with Crippen molar-refractivity contribution in [1.82, 2.24) is 0 Å². The van der Waals surface area contributed by atoms with Gasteiger partial charge in [0.05, 0.1) is 32.8 Å². The smallest absolute Gasteiger partial charge is 0.416 e. The van der Waals surface area contributed by atoms with Gasteiger partial charge in [-0.15, -0.1) is 0 Å². The molecule has 0 spiro atoms. The molecule has 0 saturated heterocycles. The molecule has 2 unspecified atom stereocenters. The third-order valence-electron chi connectivity index (χ3n) is 4.89. The van der Waals surface area contributed by atoms with Gasteiger partial charge in [-0.2, -0.15) is 13.2 Å². The number of para-hydroxylation sites is 1. The number of ether oxygens (including phenoxy) is 4. The Morgan fingerprint density at radius 3 is 2.50 bits per heavy atom. The molecule has 172 valence electrons. The van der Waals surface area contributed by atoms with E-state index < -0.39 is 42.2 Å².